The molecule has 0 aromatic heterocycles. The van der Waals surface area contributed by atoms with Gasteiger partial charge in [0.05, 0.1) is 28.6 Å². The SMILES string of the molecule is O=C(NOCCNc1ccccc1)c1ccc(F)c(F)c1Nc1ccc(I)cc1Cl. The van der Waals surface area contributed by atoms with Gasteiger partial charge in [-0.05, 0) is 65.1 Å². The molecule has 30 heavy (non-hydrogen) atoms. The summed E-state index contributed by atoms with van der Waals surface area (Å²) in [5.74, 6) is -3.01. The van der Waals surface area contributed by atoms with Crippen molar-refractivity contribution in [2.75, 3.05) is 23.8 Å². The highest BCUT2D eigenvalue weighted by atomic mass is 127. The predicted molar refractivity (Wildman–Crippen MR) is 122 cm³/mol. The first kappa shape index (κ1) is 22.3. The van der Waals surface area contributed by atoms with Gasteiger partial charge in [0.1, 0.15) is 0 Å². The van der Waals surface area contributed by atoms with Gasteiger partial charge in [0.15, 0.2) is 11.6 Å². The van der Waals surface area contributed by atoms with Gasteiger partial charge in [-0.25, -0.2) is 14.3 Å². The maximum Gasteiger partial charge on any atom is 0.277 e. The number of halogens is 4. The fourth-order valence-corrected chi connectivity index (χ4v) is 3.46. The van der Waals surface area contributed by atoms with Gasteiger partial charge >= 0.3 is 0 Å². The topological polar surface area (TPSA) is 62.4 Å². The van der Waals surface area contributed by atoms with E-state index in [1.54, 1.807) is 18.2 Å². The molecule has 0 aliphatic heterocycles. The third-order valence-corrected chi connectivity index (χ3v) is 4.99. The van der Waals surface area contributed by atoms with Crippen LogP contribution in [0.2, 0.25) is 5.02 Å². The van der Waals surface area contributed by atoms with E-state index >= 15 is 0 Å². The van der Waals surface area contributed by atoms with Crippen LogP contribution in [0.1, 0.15) is 10.4 Å². The average Bonchev–Trinajstić information content (AvgIpc) is 2.73. The molecule has 0 bridgehead atoms. The molecule has 0 saturated heterocycles. The highest BCUT2D eigenvalue weighted by Gasteiger charge is 2.20. The summed E-state index contributed by atoms with van der Waals surface area (Å²) < 4.78 is 29.1. The summed E-state index contributed by atoms with van der Waals surface area (Å²) >= 11 is 8.23. The summed E-state index contributed by atoms with van der Waals surface area (Å²) in [6, 6.07) is 16.5. The van der Waals surface area contributed by atoms with Crippen molar-refractivity contribution in [3.8, 4) is 0 Å². The molecule has 3 N–H and O–H groups in total. The lowest BCUT2D eigenvalue weighted by Crippen LogP contribution is -2.27. The van der Waals surface area contributed by atoms with Crippen molar-refractivity contribution in [1.82, 2.24) is 5.48 Å². The molecule has 3 rings (SSSR count). The molecule has 3 aromatic carbocycles. The second-order valence-corrected chi connectivity index (χ2v) is 7.76. The molecule has 1 amide bonds. The van der Waals surface area contributed by atoms with Gasteiger partial charge in [0, 0.05) is 15.8 Å². The van der Waals surface area contributed by atoms with Crippen LogP contribution in [0.5, 0.6) is 0 Å². The summed E-state index contributed by atoms with van der Waals surface area (Å²) in [4.78, 5) is 17.6. The molecule has 0 saturated carbocycles. The van der Waals surface area contributed by atoms with Gasteiger partial charge < -0.3 is 10.6 Å². The predicted octanol–water partition coefficient (Wildman–Crippen LogP) is 5.74. The fourth-order valence-electron chi connectivity index (χ4n) is 2.56. The number of hydrogen-bond donors (Lipinski definition) is 3. The standard InChI is InChI=1S/C21H17ClF2IN3O2/c22-16-12-13(25)6-9-18(16)27-20-15(7-8-17(23)19(20)24)21(29)28-30-11-10-26-14-4-2-1-3-5-14/h1-9,12,26-27H,10-11H2,(H,28,29). The Bertz CT molecular complexity index is 1040. The van der Waals surface area contributed by atoms with E-state index in [9.17, 15) is 13.6 Å². The maximum atomic E-state index is 14.4. The quantitative estimate of drug-likeness (QED) is 0.193. The van der Waals surface area contributed by atoms with Gasteiger partial charge in [-0.1, -0.05) is 29.8 Å². The van der Waals surface area contributed by atoms with Crippen LogP contribution in [0.3, 0.4) is 0 Å². The zero-order valence-electron chi connectivity index (χ0n) is 15.5. The minimum Gasteiger partial charge on any atom is -0.383 e. The van der Waals surface area contributed by atoms with Crippen molar-refractivity contribution in [3.05, 3.63) is 86.5 Å². The van der Waals surface area contributed by atoms with Gasteiger partial charge in [0.25, 0.3) is 5.91 Å². The molecule has 0 aliphatic rings. The Morgan fingerprint density at radius 3 is 2.57 bits per heavy atom. The minimum atomic E-state index is -1.19. The van der Waals surface area contributed by atoms with Crippen molar-refractivity contribution in [2.45, 2.75) is 0 Å². The normalized spacial score (nSPS) is 10.5. The van der Waals surface area contributed by atoms with Crippen LogP contribution in [0.15, 0.2) is 60.7 Å². The first-order valence-corrected chi connectivity index (χ1v) is 10.3. The van der Waals surface area contributed by atoms with E-state index < -0.39 is 17.5 Å². The van der Waals surface area contributed by atoms with Gasteiger partial charge in [-0.15, -0.1) is 0 Å². The van der Waals surface area contributed by atoms with Gasteiger partial charge in [-0.2, -0.15) is 0 Å². The second-order valence-electron chi connectivity index (χ2n) is 6.11. The van der Waals surface area contributed by atoms with E-state index in [-0.39, 0.29) is 17.9 Å². The lowest BCUT2D eigenvalue weighted by atomic mass is 10.1. The van der Waals surface area contributed by atoms with Crippen LogP contribution in [0, 0.1) is 15.2 Å². The van der Waals surface area contributed by atoms with E-state index in [4.69, 9.17) is 16.4 Å². The lowest BCUT2D eigenvalue weighted by molar-refractivity contribution is 0.0352. The fraction of sp³-hybridized carbons (Fsp3) is 0.0952. The van der Waals surface area contributed by atoms with Gasteiger partial charge in [-0.3, -0.25) is 9.63 Å². The summed E-state index contributed by atoms with van der Waals surface area (Å²) in [7, 11) is 0. The largest absolute Gasteiger partial charge is 0.383 e. The lowest BCUT2D eigenvalue weighted by Gasteiger charge is -2.15. The third kappa shape index (κ3) is 5.80. The molecule has 0 radical (unpaired) electrons. The highest BCUT2D eigenvalue weighted by Crippen LogP contribution is 2.31. The molecule has 0 unspecified atom stereocenters. The van der Waals surface area contributed by atoms with E-state index in [1.165, 1.54) is 6.07 Å². The van der Waals surface area contributed by atoms with Crippen molar-refractivity contribution >= 4 is 57.2 Å². The van der Waals surface area contributed by atoms with E-state index in [2.05, 4.69) is 38.7 Å². The van der Waals surface area contributed by atoms with Crippen LogP contribution in [0.4, 0.5) is 25.8 Å². The number of anilines is 3. The van der Waals surface area contributed by atoms with Crippen LogP contribution in [-0.4, -0.2) is 19.1 Å². The first-order chi connectivity index (χ1) is 14.5. The van der Waals surface area contributed by atoms with E-state index in [1.807, 2.05) is 30.3 Å². The number of carbonyl (C=O) groups is 1. The molecule has 0 spiro atoms. The number of hydroxylamine groups is 1. The molecule has 156 valence electrons. The molecule has 3 aromatic rings. The molecule has 0 aliphatic carbocycles. The highest BCUT2D eigenvalue weighted by molar-refractivity contribution is 14.1. The molecule has 9 heteroatoms. The summed E-state index contributed by atoms with van der Waals surface area (Å²) in [5, 5.41) is 6.12. The Labute approximate surface area is 190 Å². The Hall–Kier alpha value is -2.43. The van der Waals surface area contributed by atoms with Crippen molar-refractivity contribution in [2.24, 2.45) is 0 Å². The third-order valence-electron chi connectivity index (χ3n) is 4.00. The van der Waals surface area contributed by atoms with E-state index in [0.717, 1.165) is 15.3 Å². The smallest absolute Gasteiger partial charge is 0.277 e. The molecule has 0 atom stereocenters. The van der Waals surface area contributed by atoms with Crippen LogP contribution < -0.4 is 16.1 Å². The Kier molecular flexibility index (Phi) is 7.83. The molecule has 0 heterocycles. The monoisotopic (exact) mass is 543 g/mol. The number of nitrogens with one attached hydrogen (secondary N) is 3. The van der Waals surface area contributed by atoms with Crippen LogP contribution in [-0.2, 0) is 4.84 Å². The molecular weight excluding hydrogens is 527 g/mol. The zero-order valence-corrected chi connectivity index (χ0v) is 18.4. The van der Waals surface area contributed by atoms with Gasteiger partial charge in [0.2, 0.25) is 0 Å². The Balaban J connectivity index is 1.65. The number of benzene rings is 3. The van der Waals surface area contributed by atoms with E-state index in [0.29, 0.717) is 17.3 Å². The molecule has 0 fully saturated rings. The number of rotatable bonds is 8. The Morgan fingerprint density at radius 1 is 1.07 bits per heavy atom. The number of carbonyl (C=O) groups excluding carboxylic acids is 1. The minimum absolute atomic E-state index is 0.125. The summed E-state index contributed by atoms with van der Waals surface area (Å²) in [5.41, 5.74) is 3.03. The maximum absolute atomic E-state index is 14.4. The zero-order chi connectivity index (χ0) is 21.5. The summed E-state index contributed by atoms with van der Waals surface area (Å²) in [6.07, 6.45) is 0. The first-order valence-electron chi connectivity index (χ1n) is 8.87. The van der Waals surface area contributed by atoms with Crippen LogP contribution >= 0.6 is 34.2 Å². The number of amides is 1. The van der Waals surface area contributed by atoms with Crippen molar-refractivity contribution < 1.29 is 18.4 Å². The number of hydrogen-bond acceptors (Lipinski definition) is 4. The van der Waals surface area contributed by atoms with Crippen LogP contribution in [0.25, 0.3) is 0 Å². The molecular formula is C21H17ClF2IN3O2. The number of para-hydroxylation sites is 1. The average molecular weight is 544 g/mol. The molecule has 5 nitrogen and oxygen atoms in total. The summed E-state index contributed by atoms with van der Waals surface area (Å²) in [6.45, 7) is 0.599. The van der Waals surface area contributed by atoms with Crippen molar-refractivity contribution in [3.63, 3.8) is 0 Å². The second kappa shape index (κ2) is 10.6. The van der Waals surface area contributed by atoms with Crippen molar-refractivity contribution in [1.29, 1.82) is 0 Å². The Morgan fingerprint density at radius 2 is 1.83 bits per heavy atom.